The number of hydrogen-bond acceptors (Lipinski definition) is 4. The Morgan fingerprint density at radius 2 is 2.21 bits per heavy atom. The van der Waals surface area contributed by atoms with Crippen LogP contribution in [0.2, 0.25) is 0 Å². The second-order valence-electron chi connectivity index (χ2n) is 2.98. The molecule has 14 heavy (non-hydrogen) atoms. The predicted octanol–water partition coefficient (Wildman–Crippen LogP) is 2.58. The van der Waals surface area contributed by atoms with E-state index in [1.54, 1.807) is 18.3 Å². The van der Waals surface area contributed by atoms with Crippen molar-refractivity contribution in [3.8, 4) is 0 Å². The fourth-order valence-electron chi connectivity index (χ4n) is 1.16. The van der Waals surface area contributed by atoms with Gasteiger partial charge in [0.1, 0.15) is 0 Å². The van der Waals surface area contributed by atoms with E-state index in [-0.39, 0.29) is 5.97 Å². The quantitative estimate of drug-likeness (QED) is 0.722. The molecule has 0 aliphatic carbocycles. The molecular weight excluding hydrogens is 198 g/mol. The fourth-order valence-corrected chi connectivity index (χ4v) is 2.18. The van der Waals surface area contributed by atoms with Crippen LogP contribution in [0.1, 0.15) is 40.6 Å². The van der Waals surface area contributed by atoms with E-state index in [0.29, 0.717) is 12.3 Å². The topological polar surface area (TPSA) is 39.2 Å². The summed E-state index contributed by atoms with van der Waals surface area (Å²) < 4.78 is 4.91. The molecule has 0 spiro atoms. The van der Waals surface area contributed by atoms with Gasteiger partial charge in [0.05, 0.1) is 11.6 Å². The monoisotopic (exact) mass is 213 g/mol. The Labute approximate surface area is 88.1 Å². The molecule has 4 heteroatoms. The van der Waals surface area contributed by atoms with Crippen molar-refractivity contribution in [3.05, 3.63) is 15.6 Å². The Bertz CT molecular complexity index is 320. The summed E-state index contributed by atoms with van der Waals surface area (Å²) in [6.07, 6.45) is 1.99. The highest BCUT2D eigenvalue weighted by Crippen LogP contribution is 2.19. The summed E-state index contributed by atoms with van der Waals surface area (Å²) >= 11 is 1.58. The zero-order valence-electron chi connectivity index (χ0n) is 8.79. The molecule has 1 heterocycles. The number of aryl methyl sites for hydroxylation is 2. The van der Waals surface area contributed by atoms with Gasteiger partial charge in [-0.3, -0.25) is 0 Å². The molecule has 0 fully saturated rings. The molecule has 0 unspecified atom stereocenters. The van der Waals surface area contributed by atoms with E-state index < -0.39 is 0 Å². The molecule has 0 aliphatic rings. The molecule has 3 nitrogen and oxygen atoms in total. The van der Waals surface area contributed by atoms with E-state index in [1.165, 1.54) is 0 Å². The van der Waals surface area contributed by atoms with Crippen molar-refractivity contribution in [2.24, 2.45) is 0 Å². The summed E-state index contributed by atoms with van der Waals surface area (Å²) in [7, 11) is 0. The lowest BCUT2D eigenvalue weighted by atomic mass is 10.3. The first-order chi connectivity index (χ1) is 6.69. The number of carbonyl (C=O) groups is 1. The second-order valence-corrected chi connectivity index (χ2v) is 4.27. The average Bonchev–Trinajstić information content (AvgIpc) is 2.48. The first-order valence-electron chi connectivity index (χ1n) is 4.82. The largest absolute Gasteiger partial charge is 0.461 e. The normalized spacial score (nSPS) is 10.2. The number of esters is 1. The standard InChI is InChI=1S/C10H15NO2S/c1-4-6-8-11-9(7(3)14-8)10(12)13-5-2/h4-6H2,1-3H3. The molecule has 0 radical (unpaired) electrons. The van der Waals surface area contributed by atoms with Crippen LogP contribution in [-0.4, -0.2) is 17.6 Å². The summed E-state index contributed by atoms with van der Waals surface area (Å²) in [5.74, 6) is -0.302. The first kappa shape index (κ1) is 11.2. The highest BCUT2D eigenvalue weighted by atomic mass is 32.1. The van der Waals surface area contributed by atoms with E-state index in [0.717, 1.165) is 22.7 Å². The van der Waals surface area contributed by atoms with Crippen LogP contribution < -0.4 is 0 Å². The number of thiazole rings is 1. The third kappa shape index (κ3) is 2.54. The molecule has 0 bridgehead atoms. The number of carbonyl (C=O) groups excluding carboxylic acids is 1. The number of rotatable bonds is 4. The molecule has 0 atom stereocenters. The zero-order chi connectivity index (χ0) is 10.6. The maximum absolute atomic E-state index is 11.4. The van der Waals surface area contributed by atoms with Crippen LogP contribution in [0.3, 0.4) is 0 Å². The van der Waals surface area contributed by atoms with Crippen molar-refractivity contribution >= 4 is 17.3 Å². The molecule has 1 aromatic heterocycles. The fraction of sp³-hybridized carbons (Fsp3) is 0.600. The summed E-state index contributed by atoms with van der Waals surface area (Å²) in [6, 6.07) is 0. The van der Waals surface area contributed by atoms with E-state index in [2.05, 4.69) is 11.9 Å². The van der Waals surface area contributed by atoms with Crippen LogP contribution in [0.15, 0.2) is 0 Å². The number of hydrogen-bond donors (Lipinski definition) is 0. The maximum atomic E-state index is 11.4. The van der Waals surface area contributed by atoms with Gasteiger partial charge in [0.2, 0.25) is 0 Å². The Kier molecular flexibility index (Phi) is 4.07. The average molecular weight is 213 g/mol. The molecule has 0 amide bonds. The van der Waals surface area contributed by atoms with E-state index in [1.807, 2.05) is 6.92 Å². The summed E-state index contributed by atoms with van der Waals surface area (Å²) in [5.41, 5.74) is 0.486. The number of aromatic nitrogens is 1. The van der Waals surface area contributed by atoms with Gasteiger partial charge in [-0.25, -0.2) is 9.78 Å². The van der Waals surface area contributed by atoms with Gasteiger partial charge < -0.3 is 4.74 Å². The molecule has 0 aromatic carbocycles. The summed E-state index contributed by atoms with van der Waals surface area (Å²) in [6.45, 7) is 6.20. The molecule has 78 valence electrons. The van der Waals surface area contributed by atoms with Crippen molar-refractivity contribution in [2.45, 2.75) is 33.6 Å². The molecule has 1 aromatic rings. The molecule has 0 saturated carbocycles. The van der Waals surface area contributed by atoms with Crippen molar-refractivity contribution < 1.29 is 9.53 Å². The van der Waals surface area contributed by atoms with Gasteiger partial charge in [-0.1, -0.05) is 6.92 Å². The van der Waals surface area contributed by atoms with Gasteiger partial charge in [0, 0.05) is 4.88 Å². The van der Waals surface area contributed by atoms with Crippen LogP contribution in [0, 0.1) is 6.92 Å². The Hall–Kier alpha value is -0.900. The number of nitrogens with zero attached hydrogens (tertiary/aromatic N) is 1. The minimum atomic E-state index is -0.302. The van der Waals surface area contributed by atoms with Crippen LogP contribution >= 0.6 is 11.3 Å². The first-order valence-corrected chi connectivity index (χ1v) is 5.64. The zero-order valence-corrected chi connectivity index (χ0v) is 9.61. The highest BCUT2D eigenvalue weighted by Gasteiger charge is 2.15. The second kappa shape index (κ2) is 5.10. The Balaban J connectivity index is 2.81. The summed E-state index contributed by atoms with van der Waals surface area (Å²) in [4.78, 5) is 16.6. The third-order valence-corrected chi connectivity index (χ3v) is 2.80. The summed E-state index contributed by atoms with van der Waals surface area (Å²) in [5, 5.41) is 1.02. The van der Waals surface area contributed by atoms with Gasteiger partial charge in [-0.15, -0.1) is 11.3 Å². The minimum absolute atomic E-state index is 0.302. The number of ether oxygens (including phenoxy) is 1. The van der Waals surface area contributed by atoms with Gasteiger partial charge >= 0.3 is 5.97 Å². The van der Waals surface area contributed by atoms with Gasteiger partial charge in [0.15, 0.2) is 5.69 Å². The van der Waals surface area contributed by atoms with Crippen LogP contribution in [0.4, 0.5) is 0 Å². The SMILES string of the molecule is CCCc1nc(C(=O)OCC)c(C)s1. The van der Waals surface area contributed by atoms with E-state index in [9.17, 15) is 4.79 Å². The smallest absolute Gasteiger partial charge is 0.358 e. The highest BCUT2D eigenvalue weighted by molar-refractivity contribution is 7.11. The van der Waals surface area contributed by atoms with Gasteiger partial charge in [-0.2, -0.15) is 0 Å². The third-order valence-electron chi connectivity index (χ3n) is 1.77. The van der Waals surface area contributed by atoms with Gasteiger partial charge in [-0.05, 0) is 26.7 Å². The van der Waals surface area contributed by atoms with Crippen molar-refractivity contribution in [3.63, 3.8) is 0 Å². The molecular formula is C10H15NO2S. The van der Waals surface area contributed by atoms with E-state index >= 15 is 0 Å². The van der Waals surface area contributed by atoms with Crippen LogP contribution in [0.5, 0.6) is 0 Å². The molecule has 0 N–H and O–H groups in total. The molecule has 0 saturated heterocycles. The van der Waals surface area contributed by atoms with Crippen molar-refractivity contribution in [1.82, 2.24) is 4.98 Å². The maximum Gasteiger partial charge on any atom is 0.358 e. The Morgan fingerprint density at radius 1 is 1.50 bits per heavy atom. The lowest BCUT2D eigenvalue weighted by molar-refractivity contribution is 0.0519. The molecule has 1 rings (SSSR count). The van der Waals surface area contributed by atoms with Crippen molar-refractivity contribution in [1.29, 1.82) is 0 Å². The molecule has 0 aliphatic heterocycles. The Morgan fingerprint density at radius 3 is 2.79 bits per heavy atom. The van der Waals surface area contributed by atoms with Crippen LogP contribution in [-0.2, 0) is 11.2 Å². The van der Waals surface area contributed by atoms with Gasteiger partial charge in [0.25, 0.3) is 0 Å². The van der Waals surface area contributed by atoms with Crippen LogP contribution in [0.25, 0.3) is 0 Å². The lowest BCUT2D eigenvalue weighted by Crippen LogP contribution is -2.06. The van der Waals surface area contributed by atoms with Crippen molar-refractivity contribution in [2.75, 3.05) is 6.61 Å². The predicted molar refractivity (Wildman–Crippen MR) is 56.8 cm³/mol. The lowest BCUT2D eigenvalue weighted by Gasteiger charge is -1.97. The van der Waals surface area contributed by atoms with E-state index in [4.69, 9.17) is 4.74 Å². The minimum Gasteiger partial charge on any atom is -0.461 e.